The molecule has 2 rings (SSSR count). The van der Waals surface area contributed by atoms with Crippen molar-refractivity contribution in [3.63, 3.8) is 0 Å². The number of rotatable bonds is 4. The van der Waals surface area contributed by atoms with Crippen molar-refractivity contribution in [2.24, 2.45) is 5.41 Å². The fourth-order valence-corrected chi connectivity index (χ4v) is 2.81. The van der Waals surface area contributed by atoms with Crippen LogP contribution in [0.5, 0.6) is 0 Å². The van der Waals surface area contributed by atoms with Gasteiger partial charge in [-0.15, -0.1) is 0 Å². The second-order valence-corrected chi connectivity index (χ2v) is 5.55. The average molecular weight is 275 g/mol. The highest BCUT2D eigenvalue weighted by Crippen LogP contribution is 2.34. The first-order valence-corrected chi connectivity index (χ1v) is 7.21. The summed E-state index contributed by atoms with van der Waals surface area (Å²) in [5.74, 6) is -0.983. The Balaban J connectivity index is 2.02. The summed E-state index contributed by atoms with van der Waals surface area (Å²) in [6.45, 7) is 0.218. The molecule has 0 bridgehead atoms. The third-order valence-corrected chi connectivity index (χ3v) is 4.14. The molecule has 4 heteroatoms. The Morgan fingerprint density at radius 2 is 1.65 bits per heavy atom. The number of amides is 1. The number of carboxylic acid groups (broad SMARTS) is 1. The molecule has 1 amide bonds. The van der Waals surface area contributed by atoms with E-state index in [-0.39, 0.29) is 12.5 Å². The Morgan fingerprint density at radius 1 is 1.05 bits per heavy atom. The summed E-state index contributed by atoms with van der Waals surface area (Å²) >= 11 is 0. The third-order valence-electron chi connectivity index (χ3n) is 4.14. The third kappa shape index (κ3) is 3.38. The number of carbonyl (C=O) groups excluding carboxylic acids is 1. The van der Waals surface area contributed by atoms with Gasteiger partial charge in [-0.3, -0.25) is 9.59 Å². The lowest BCUT2D eigenvalue weighted by Crippen LogP contribution is -2.42. The predicted octanol–water partition coefficient (Wildman–Crippen LogP) is 2.84. The molecule has 1 aliphatic carbocycles. The van der Waals surface area contributed by atoms with Crippen molar-refractivity contribution in [3.05, 3.63) is 35.9 Å². The lowest BCUT2D eigenvalue weighted by Gasteiger charge is -2.28. The van der Waals surface area contributed by atoms with Gasteiger partial charge in [-0.25, -0.2) is 0 Å². The number of aliphatic carboxylic acids is 1. The van der Waals surface area contributed by atoms with E-state index >= 15 is 0 Å². The van der Waals surface area contributed by atoms with Gasteiger partial charge in [0.25, 0.3) is 5.91 Å². The lowest BCUT2D eigenvalue weighted by atomic mass is 9.80. The van der Waals surface area contributed by atoms with Crippen LogP contribution < -0.4 is 5.32 Å². The molecule has 0 saturated heterocycles. The quantitative estimate of drug-likeness (QED) is 0.830. The summed E-state index contributed by atoms with van der Waals surface area (Å²) in [7, 11) is 0. The SMILES string of the molecule is O=C(NCC1(C(=O)O)CCCCCC1)c1ccccc1. The van der Waals surface area contributed by atoms with E-state index in [9.17, 15) is 14.7 Å². The van der Waals surface area contributed by atoms with E-state index in [0.29, 0.717) is 18.4 Å². The summed E-state index contributed by atoms with van der Waals surface area (Å²) in [4.78, 5) is 23.7. The first-order valence-electron chi connectivity index (χ1n) is 7.21. The molecule has 1 aromatic rings. The number of hydrogen-bond acceptors (Lipinski definition) is 2. The fourth-order valence-electron chi connectivity index (χ4n) is 2.81. The van der Waals surface area contributed by atoms with E-state index in [0.717, 1.165) is 25.7 Å². The van der Waals surface area contributed by atoms with Gasteiger partial charge in [0.05, 0.1) is 5.41 Å². The standard InChI is InChI=1S/C16H21NO3/c18-14(13-8-4-3-5-9-13)17-12-16(15(19)20)10-6-1-2-7-11-16/h3-5,8-9H,1-2,6-7,10-12H2,(H,17,18)(H,19,20). The van der Waals surface area contributed by atoms with Crippen molar-refractivity contribution < 1.29 is 14.7 Å². The minimum Gasteiger partial charge on any atom is -0.481 e. The van der Waals surface area contributed by atoms with Crippen LogP contribution in [-0.2, 0) is 4.79 Å². The van der Waals surface area contributed by atoms with Crippen LogP contribution in [0.3, 0.4) is 0 Å². The van der Waals surface area contributed by atoms with Crippen LogP contribution in [0.15, 0.2) is 30.3 Å². The molecule has 20 heavy (non-hydrogen) atoms. The largest absolute Gasteiger partial charge is 0.481 e. The zero-order chi connectivity index (χ0) is 14.4. The van der Waals surface area contributed by atoms with Gasteiger partial charge < -0.3 is 10.4 Å². The Labute approximate surface area is 119 Å². The van der Waals surface area contributed by atoms with E-state index in [1.165, 1.54) is 0 Å². The first kappa shape index (κ1) is 14.6. The van der Waals surface area contributed by atoms with Gasteiger partial charge in [0.1, 0.15) is 0 Å². The summed E-state index contributed by atoms with van der Waals surface area (Å²) in [5.41, 5.74) is -0.220. The van der Waals surface area contributed by atoms with Gasteiger partial charge in [0.15, 0.2) is 0 Å². The van der Waals surface area contributed by atoms with E-state index < -0.39 is 11.4 Å². The Hall–Kier alpha value is -1.84. The van der Waals surface area contributed by atoms with Crippen LogP contribution in [0.4, 0.5) is 0 Å². The molecule has 0 heterocycles. The summed E-state index contributed by atoms with van der Waals surface area (Å²) in [6.07, 6.45) is 5.32. The van der Waals surface area contributed by atoms with Crippen molar-refractivity contribution in [2.45, 2.75) is 38.5 Å². The molecule has 0 aromatic heterocycles. The maximum absolute atomic E-state index is 12.0. The van der Waals surface area contributed by atoms with Gasteiger partial charge in [-0.2, -0.15) is 0 Å². The Bertz CT molecular complexity index is 462. The highest BCUT2D eigenvalue weighted by Gasteiger charge is 2.38. The molecule has 108 valence electrons. The minimum atomic E-state index is -0.791. The average Bonchev–Trinajstić information content (AvgIpc) is 2.72. The molecule has 0 aliphatic heterocycles. The van der Waals surface area contributed by atoms with E-state index in [2.05, 4.69) is 5.32 Å². The monoisotopic (exact) mass is 275 g/mol. The number of hydrogen-bond donors (Lipinski definition) is 2. The molecule has 1 fully saturated rings. The first-order chi connectivity index (χ1) is 9.64. The number of nitrogens with one attached hydrogen (secondary N) is 1. The number of benzene rings is 1. The minimum absolute atomic E-state index is 0.199. The summed E-state index contributed by atoms with van der Waals surface area (Å²) in [6, 6.07) is 8.91. The van der Waals surface area contributed by atoms with E-state index in [4.69, 9.17) is 0 Å². The van der Waals surface area contributed by atoms with Crippen molar-refractivity contribution in [2.75, 3.05) is 6.54 Å². The smallest absolute Gasteiger partial charge is 0.311 e. The van der Waals surface area contributed by atoms with Gasteiger partial charge in [-0.1, -0.05) is 43.9 Å². The van der Waals surface area contributed by atoms with Crippen LogP contribution >= 0.6 is 0 Å². The molecule has 1 aliphatic rings. The second-order valence-electron chi connectivity index (χ2n) is 5.55. The van der Waals surface area contributed by atoms with E-state index in [1.807, 2.05) is 6.07 Å². The summed E-state index contributed by atoms with van der Waals surface area (Å²) in [5, 5.41) is 12.3. The maximum atomic E-state index is 12.0. The maximum Gasteiger partial charge on any atom is 0.311 e. The molecule has 0 spiro atoms. The Kier molecular flexibility index (Phi) is 4.77. The molecular weight excluding hydrogens is 254 g/mol. The molecule has 0 unspecified atom stereocenters. The van der Waals surface area contributed by atoms with Crippen molar-refractivity contribution >= 4 is 11.9 Å². The molecule has 1 aromatic carbocycles. The highest BCUT2D eigenvalue weighted by molar-refractivity contribution is 5.94. The Morgan fingerprint density at radius 3 is 2.20 bits per heavy atom. The van der Waals surface area contributed by atoms with E-state index in [1.54, 1.807) is 24.3 Å². The van der Waals surface area contributed by atoms with Crippen LogP contribution in [-0.4, -0.2) is 23.5 Å². The van der Waals surface area contributed by atoms with Crippen LogP contribution in [0, 0.1) is 5.41 Å². The van der Waals surface area contributed by atoms with Gasteiger partial charge in [-0.05, 0) is 25.0 Å². The zero-order valence-electron chi connectivity index (χ0n) is 11.6. The number of carboxylic acids is 1. The van der Waals surface area contributed by atoms with Crippen molar-refractivity contribution in [1.29, 1.82) is 0 Å². The predicted molar refractivity (Wildman–Crippen MR) is 76.5 cm³/mol. The highest BCUT2D eigenvalue weighted by atomic mass is 16.4. The molecule has 2 N–H and O–H groups in total. The van der Waals surface area contributed by atoms with Crippen molar-refractivity contribution in [1.82, 2.24) is 5.32 Å². The van der Waals surface area contributed by atoms with Crippen molar-refractivity contribution in [3.8, 4) is 0 Å². The molecule has 0 radical (unpaired) electrons. The van der Waals surface area contributed by atoms with Crippen LogP contribution in [0.1, 0.15) is 48.9 Å². The lowest BCUT2D eigenvalue weighted by molar-refractivity contribution is -0.149. The zero-order valence-corrected chi connectivity index (χ0v) is 11.6. The van der Waals surface area contributed by atoms with Gasteiger partial charge in [0, 0.05) is 12.1 Å². The van der Waals surface area contributed by atoms with Gasteiger partial charge in [0.2, 0.25) is 0 Å². The number of carbonyl (C=O) groups is 2. The topological polar surface area (TPSA) is 66.4 Å². The molecule has 0 atom stereocenters. The summed E-state index contributed by atoms with van der Waals surface area (Å²) < 4.78 is 0. The molecule has 1 saturated carbocycles. The molecular formula is C16H21NO3. The second kappa shape index (κ2) is 6.55. The van der Waals surface area contributed by atoms with Gasteiger partial charge >= 0.3 is 5.97 Å². The normalized spacial score (nSPS) is 18.0. The molecule has 4 nitrogen and oxygen atoms in total. The van der Waals surface area contributed by atoms with Crippen LogP contribution in [0.2, 0.25) is 0 Å². The van der Waals surface area contributed by atoms with Crippen LogP contribution in [0.25, 0.3) is 0 Å². The fraction of sp³-hybridized carbons (Fsp3) is 0.500.